The molecule has 0 unspecified atom stereocenters. The van der Waals surface area contributed by atoms with Gasteiger partial charge in [-0.15, -0.1) is 0 Å². The van der Waals surface area contributed by atoms with Gasteiger partial charge in [-0.1, -0.05) is 24.3 Å². The van der Waals surface area contributed by atoms with Crippen molar-refractivity contribution >= 4 is 45.5 Å². The number of hydrogen-bond acceptors (Lipinski definition) is 7. The molecule has 0 radical (unpaired) electrons. The zero-order valence-electron chi connectivity index (χ0n) is 21.7. The number of hydrogen-bond donors (Lipinski definition) is 1. The monoisotopic (exact) mass is 594 g/mol. The fraction of sp³-hybridized carbons (Fsp3) is 0.207. The minimum atomic E-state index is -0.803. The second-order valence-electron chi connectivity index (χ2n) is 8.41. The van der Waals surface area contributed by atoms with Crippen molar-refractivity contribution in [2.75, 3.05) is 31.8 Å². The highest BCUT2D eigenvalue weighted by Crippen LogP contribution is 2.38. The summed E-state index contributed by atoms with van der Waals surface area (Å²) in [4.78, 5) is 39.3. The van der Waals surface area contributed by atoms with Crippen LogP contribution < -0.4 is 29.2 Å². The Morgan fingerprint density at radius 2 is 1.64 bits per heavy atom. The molecule has 0 spiro atoms. The number of halogens is 1. The van der Waals surface area contributed by atoms with Crippen LogP contribution in [0.25, 0.3) is 6.08 Å². The molecule has 3 aromatic carbocycles. The van der Waals surface area contributed by atoms with E-state index in [0.29, 0.717) is 45.3 Å². The van der Waals surface area contributed by atoms with Crippen molar-refractivity contribution in [2.45, 2.75) is 13.8 Å². The lowest BCUT2D eigenvalue weighted by Crippen LogP contribution is -2.54. The number of nitrogens with one attached hydrogen (secondary N) is 1. The van der Waals surface area contributed by atoms with Gasteiger partial charge in [0.25, 0.3) is 11.8 Å². The molecule has 0 saturated carbocycles. The van der Waals surface area contributed by atoms with Gasteiger partial charge in [-0.2, -0.15) is 0 Å². The van der Waals surface area contributed by atoms with E-state index in [2.05, 4.69) is 21.2 Å². The third-order valence-electron chi connectivity index (χ3n) is 5.66. The van der Waals surface area contributed by atoms with E-state index in [-0.39, 0.29) is 18.8 Å². The number of para-hydroxylation sites is 2. The molecule has 3 aromatic rings. The largest absolute Gasteiger partial charge is 0.493 e. The number of aryl methyl sites for hydroxylation is 1. The number of ether oxygens (including phenoxy) is 4. The molecular weight excluding hydrogens is 568 g/mol. The van der Waals surface area contributed by atoms with Gasteiger partial charge >= 0.3 is 6.03 Å². The summed E-state index contributed by atoms with van der Waals surface area (Å²) in [7, 11) is 1.57. The van der Waals surface area contributed by atoms with Gasteiger partial charge in [0.15, 0.2) is 23.0 Å². The van der Waals surface area contributed by atoms with Crippen molar-refractivity contribution in [1.82, 2.24) is 5.32 Å². The van der Waals surface area contributed by atoms with Gasteiger partial charge in [0.05, 0.1) is 23.9 Å². The molecule has 0 atom stereocenters. The average Bonchev–Trinajstić information content (AvgIpc) is 2.90. The number of carbonyl (C=O) groups excluding carboxylic acids is 3. The van der Waals surface area contributed by atoms with Gasteiger partial charge in [-0.25, -0.2) is 9.69 Å². The first-order chi connectivity index (χ1) is 18.8. The van der Waals surface area contributed by atoms with Crippen LogP contribution in [0.15, 0.2) is 70.7 Å². The Hall–Kier alpha value is -4.31. The molecule has 1 aliphatic rings. The number of urea groups is 1. The summed E-state index contributed by atoms with van der Waals surface area (Å²) in [6.07, 6.45) is 1.41. The highest BCUT2D eigenvalue weighted by atomic mass is 79.9. The van der Waals surface area contributed by atoms with E-state index in [1.54, 1.807) is 49.6 Å². The van der Waals surface area contributed by atoms with Gasteiger partial charge in [0.1, 0.15) is 18.8 Å². The van der Waals surface area contributed by atoms with Crippen LogP contribution in [0.2, 0.25) is 0 Å². The van der Waals surface area contributed by atoms with Gasteiger partial charge < -0.3 is 18.9 Å². The Kier molecular flexibility index (Phi) is 8.88. The summed E-state index contributed by atoms with van der Waals surface area (Å²) in [6, 6.07) is 16.8. The van der Waals surface area contributed by atoms with Gasteiger partial charge in [-0.3, -0.25) is 14.9 Å². The second kappa shape index (κ2) is 12.5. The first kappa shape index (κ1) is 27.7. The summed E-state index contributed by atoms with van der Waals surface area (Å²) in [5, 5.41) is 2.24. The highest BCUT2D eigenvalue weighted by molar-refractivity contribution is 9.10. The molecule has 10 heteroatoms. The van der Waals surface area contributed by atoms with E-state index < -0.39 is 17.8 Å². The summed E-state index contributed by atoms with van der Waals surface area (Å²) >= 11 is 3.50. The van der Waals surface area contributed by atoms with Crippen molar-refractivity contribution in [2.24, 2.45) is 0 Å². The third-order valence-corrected chi connectivity index (χ3v) is 6.25. The number of carbonyl (C=O) groups is 3. The van der Waals surface area contributed by atoms with Crippen molar-refractivity contribution in [3.8, 4) is 23.0 Å². The topological polar surface area (TPSA) is 103 Å². The minimum absolute atomic E-state index is 0.190. The molecule has 1 fully saturated rings. The van der Waals surface area contributed by atoms with Crippen molar-refractivity contribution in [3.63, 3.8) is 0 Å². The Morgan fingerprint density at radius 1 is 0.897 bits per heavy atom. The number of rotatable bonds is 10. The van der Waals surface area contributed by atoms with Crippen molar-refractivity contribution < 1.29 is 33.3 Å². The lowest BCUT2D eigenvalue weighted by Gasteiger charge is -2.26. The van der Waals surface area contributed by atoms with E-state index in [1.165, 1.54) is 6.08 Å². The molecule has 39 heavy (non-hydrogen) atoms. The van der Waals surface area contributed by atoms with Crippen LogP contribution in [-0.2, 0) is 9.59 Å². The van der Waals surface area contributed by atoms with E-state index in [9.17, 15) is 14.4 Å². The first-order valence-electron chi connectivity index (χ1n) is 12.2. The second-order valence-corrected chi connectivity index (χ2v) is 9.26. The summed E-state index contributed by atoms with van der Waals surface area (Å²) in [6.45, 7) is 4.50. The molecule has 0 aromatic heterocycles. The predicted octanol–water partition coefficient (Wildman–Crippen LogP) is 5.29. The molecule has 202 valence electrons. The maximum Gasteiger partial charge on any atom is 0.335 e. The third kappa shape index (κ3) is 6.40. The van der Waals surface area contributed by atoms with Crippen LogP contribution in [0.1, 0.15) is 18.1 Å². The Bertz CT molecular complexity index is 1440. The van der Waals surface area contributed by atoms with E-state index in [1.807, 2.05) is 32.0 Å². The van der Waals surface area contributed by atoms with E-state index >= 15 is 0 Å². The van der Waals surface area contributed by atoms with E-state index in [0.717, 1.165) is 10.5 Å². The standard InChI is InChI=1S/C29H27BrN2O7/c1-4-37-25-17-19(16-22(30)26(25)39-13-12-38-24-11-6-5-10-23(24)36-3)15-21-27(33)31-29(35)32(28(21)34)20-9-7-8-18(2)14-20/h5-11,14-17H,4,12-13H2,1-3H3,(H,31,33,35). The summed E-state index contributed by atoms with van der Waals surface area (Å²) < 4.78 is 23.3. The molecule has 9 nitrogen and oxygen atoms in total. The Morgan fingerprint density at radius 3 is 2.36 bits per heavy atom. The molecule has 1 aliphatic heterocycles. The van der Waals surface area contributed by atoms with Crippen LogP contribution in [0.4, 0.5) is 10.5 Å². The SMILES string of the molecule is CCOc1cc(C=C2C(=O)NC(=O)N(c3cccc(C)c3)C2=O)cc(Br)c1OCCOc1ccccc1OC. The van der Waals surface area contributed by atoms with Gasteiger partial charge in [0.2, 0.25) is 0 Å². The fourth-order valence-electron chi connectivity index (χ4n) is 3.93. The van der Waals surface area contributed by atoms with Crippen molar-refractivity contribution in [1.29, 1.82) is 0 Å². The fourth-order valence-corrected chi connectivity index (χ4v) is 4.51. The smallest absolute Gasteiger partial charge is 0.335 e. The van der Waals surface area contributed by atoms with Gasteiger partial charge in [0, 0.05) is 0 Å². The van der Waals surface area contributed by atoms with Crippen LogP contribution in [-0.4, -0.2) is 44.8 Å². The molecular formula is C29H27BrN2O7. The van der Waals surface area contributed by atoms with Crippen LogP contribution >= 0.6 is 15.9 Å². The number of benzene rings is 3. The quantitative estimate of drug-likeness (QED) is 0.193. The van der Waals surface area contributed by atoms with Crippen LogP contribution in [0.5, 0.6) is 23.0 Å². The molecule has 4 amide bonds. The zero-order chi connectivity index (χ0) is 27.9. The number of nitrogens with zero attached hydrogens (tertiary/aromatic N) is 1. The number of methoxy groups -OCH3 is 1. The molecule has 1 heterocycles. The molecule has 0 bridgehead atoms. The Labute approximate surface area is 234 Å². The molecule has 0 aliphatic carbocycles. The molecule has 4 rings (SSSR count). The van der Waals surface area contributed by atoms with Crippen LogP contribution in [0, 0.1) is 6.92 Å². The summed E-state index contributed by atoms with van der Waals surface area (Å²) in [5.74, 6) is 0.567. The number of imide groups is 2. The zero-order valence-corrected chi connectivity index (χ0v) is 23.2. The summed E-state index contributed by atoms with van der Waals surface area (Å²) in [5.41, 5.74) is 1.54. The normalized spacial score (nSPS) is 14.3. The minimum Gasteiger partial charge on any atom is -0.493 e. The van der Waals surface area contributed by atoms with E-state index in [4.69, 9.17) is 18.9 Å². The highest BCUT2D eigenvalue weighted by Gasteiger charge is 2.37. The Balaban J connectivity index is 1.55. The lowest BCUT2D eigenvalue weighted by atomic mass is 10.1. The number of barbiturate groups is 1. The average molecular weight is 595 g/mol. The maximum atomic E-state index is 13.2. The van der Waals surface area contributed by atoms with Crippen molar-refractivity contribution in [3.05, 3.63) is 81.8 Å². The lowest BCUT2D eigenvalue weighted by molar-refractivity contribution is -0.122. The van der Waals surface area contributed by atoms with Crippen LogP contribution in [0.3, 0.4) is 0 Å². The number of anilines is 1. The maximum absolute atomic E-state index is 13.2. The molecule has 1 saturated heterocycles. The molecule has 1 N–H and O–H groups in total. The number of amides is 4. The predicted molar refractivity (Wildman–Crippen MR) is 149 cm³/mol. The first-order valence-corrected chi connectivity index (χ1v) is 12.9. The van der Waals surface area contributed by atoms with Gasteiger partial charge in [-0.05, 0) is 83.4 Å².